The van der Waals surface area contributed by atoms with Gasteiger partial charge in [-0.05, 0) is 18.2 Å². The van der Waals surface area contributed by atoms with Crippen LogP contribution in [0, 0.1) is 0 Å². The maximum absolute atomic E-state index is 13.3. The Morgan fingerprint density at radius 3 is 2.72 bits per heavy atom. The first-order valence-electron chi connectivity index (χ1n) is 11.6. The minimum atomic E-state index is -0.795. The van der Waals surface area contributed by atoms with Gasteiger partial charge in [-0.2, -0.15) is 0 Å². The molecule has 0 N–H and O–H groups in total. The monoisotopic (exact) mass is 491 g/mol. The van der Waals surface area contributed by atoms with Crippen LogP contribution >= 0.6 is 0 Å². The molecule has 2 aliphatic heterocycles. The zero-order valence-corrected chi connectivity index (χ0v) is 19.7. The van der Waals surface area contributed by atoms with Gasteiger partial charge in [0.05, 0.1) is 7.11 Å². The molecule has 10 heteroatoms. The lowest BCUT2D eigenvalue weighted by Gasteiger charge is -2.30. The van der Waals surface area contributed by atoms with Crippen LogP contribution in [-0.4, -0.2) is 59.2 Å². The molecule has 3 aromatic rings. The van der Waals surface area contributed by atoms with E-state index in [1.807, 2.05) is 18.2 Å². The Kier molecular flexibility index (Phi) is 6.57. The van der Waals surface area contributed by atoms with Crippen molar-refractivity contribution in [1.29, 1.82) is 0 Å². The van der Waals surface area contributed by atoms with Crippen molar-refractivity contribution in [3.8, 4) is 17.2 Å². The molecule has 36 heavy (non-hydrogen) atoms. The van der Waals surface area contributed by atoms with Gasteiger partial charge < -0.3 is 28.4 Å². The van der Waals surface area contributed by atoms with Gasteiger partial charge in [-0.3, -0.25) is 14.6 Å². The van der Waals surface area contributed by atoms with E-state index < -0.39 is 12.1 Å². The molecule has 1 aromatic carbocycles. The zero-order chi connectivity index (χ0) is 25.1. The Balaban J connectivity index is 1.38. The number of benzene rings is 1. The van der Waals surface area contributed by atoms with Crippen LogP contribution in [0.2, 0.25) is 0 Å². The summed E-state index contributed by atoms with van der Waals surface area (Å²) < 4.78 is 24.0. The Bertz CT molecular complexity index is 1340. The Morgan fingerprint density at radius 2 is 1.94 bits per heavy atom. The van der Waals surface area contributed by atoms with Gasteiger partial charge in [-0.15, -0.1) is 0 Å². The molecule has 0 bridgehead atoms. The molecular formula is C26H25N3O7. The van der Waals surface area contributed by atoms with Crippen molar-refractivity contribution in [2.24, 2.45) is 0 Å². The molecule has 1 unspecified atom stereocenters. The summed E-state index contributed by atoms with van der Waals surface area (Å²) in [5, 5.41) is 0. The van der Waals surface area contributed by atoms with Crippen molar-refractivity contribution in [1.82, 2.24) is 14.5 Å². The smallest absolute Gasteiger partial charge is 0.343 e. The Morgan fingerprint density at radius 1 is 1.11 bits per heavy atom. The summed E-state index contributed by atoms with van der Waals surface area (Å²) >= 11 is 0. The molecule has 0 aliphatic carbocycles. The third kappa shape index (κ3) is 4.61. The van der Waals surface area contributed by atoms with Gasteiger partial charge >= 0.3 is 5.97 Å². The highest BCUT2D eigenvalue weighted by molar-refractivity contribution is 5.93. The first-order chi connectivity index (χ1) is 17.5. The van der Waals surface area contributed by atoms with E-state index in [9.17, 15) is 14.4 Å². The summed E-state index contributed by atoms with van der Waals surface area (Å²) in [6, 6.07) is 12.1. The Labute approximate surface area is 207 Å². The summed E-state index contributed by atoms with van der Waals surface area (Å²) in [6.07, 6.45) is 2.76. The number of carbonyl (C=O) groups excluding carboxylic acids is 2. The molecule has 0 radical (unpaired) electrons. The number of pyridine rings is 2. The first kappa shape index (κ1) is 23.4. The number of carbonyl (C=O) groups is 2. The van der Waals surface area contributed by atoms with Gasteiger partial charge in [0.25, 0.3) is 11.5 Å². The van der Waals surface area contributed by atoms with Gasteiger partial charge in [0.1, 0.15) is 24.5 Å². The second kappa shape index (κ2) is 10.1. The van der Waals surface area contributed by atoms with Crippen molar-refractivity contribution < 1.29 is 28.5 Å². The molecule has 1 amide bonds. The maximum Gasteiger partial charge on any atom is 0.343 e. The second-order valence-corrected chi connectivity index (χ2v) is 8.40. The lowest BCUT2D eigenvalue weighted by atomic mass is 10.1. The first-order valence-corrected chi connectivity index (χ1v) is 11.6. The topological polar surface area (TPSA) is 109 Å². The van der Waals surface area contributed by atoms with E-state index in [-0.39, 0.29) is 62.0 Å². The van der Waals surface area contributed by atoms with Crippen LogP contribution < -0.4 is 19.8 Å². The van der Waals surface area contributed by atoms with E-state index in [4.69, 9.17) is 18.9 Å². The standard InChI is InChI=1S/C26H25N3O7/c1-33-26(32)24-18-8-10-28(25(31)22-16-35-19-6-2-3-7-20(19)36-22)11-12-29(18)23(30)13-21(24)34-15-17-5-4-9-27-14-17/h2-7,9,13-14,22H,8,10-12,15-16H2,1H3. The number of hydrogen-bond donors (Lipinski definition) is 0. The number of fused-ring (bicyclic) bond motifs is 2. The molecular weight excluding hydrogens is 466 g/mol. The Hall–Kier alpha value is -4.34. The van der Waals surface area contributed by atoms with E-state index in [1.54, 1.807) is 35.5 Å². The van der Waals surface area contributed by atoms with Gasteiger partial charge in [-0.25, -0.2) is 4.79 Å². The van der Waals surface area contributed by atoms with Crippen LogP contribution in [-0.2, 0) is 29.1 Å². The fourth-order valence-electron chi connectivity index (χ4n) is 4.40. The van der Waals surface area contributed by atoms with Crippen molar-refractivity contribution in [2.45, 2.75) is 25.7 Å². The van der Waals surface area contributed by atoms with Gasteiger partial charge in [-0.1, -0.05) is 18.2 Å². The predicted molar refractivity (Wildman–Crippen MR) is 127 cm³/mol. The number of nitrogens with zero attached hydrogens (tertiary/aromatic N) is 3. The molecule has 4 heterocycles. The molecule has 5 rings (SSSR count). The predicted octanol–water partition coefficient (Wildman–Crippen LogP) is 1.83. The number of para-hydroxylation sites is 2. The lowest BCUT2D eigenvalue weighted by Crippen LogP contribution is -2.47. The van der Waals surface area contributed by atoms with Crippen LogP contribution in [0.5, 0.6) is 17.2 Å². The van der Waals surface area contributed by atoms with Gasteiger partial charge in [0.2, 0.25) is 6.10 Å². The molecule has 2 aromatic heterocycles. The van der Waals surface area contributed by atoms with Crippen LogP contribution in [0.1, 0.15) is 21.6 Å². The molecule has 1 atom stereocenters. The number of methoxy groups -OCH3 is 1. The van der Waals surface area contributed by atoms with Crippen LogP contribution in [0.4, 0.5) is 0 Å². The van der Waals surface area contributed by atoms with E-state index >= 15 is 0 Å². The average Bonchev–Trinajstić information content (AvgIpc) is 3.15. The van der Waals surface area contributed by atoms with Crippen molar-refractivity contribution in [3.63, 3.8) is 0 Å². The molecule has 0 fully saturated rings. The summed E-state index contributed by atoms with van der Waals surface area (Å²) in [7, 11) is 1.28. The number of hydrogen-bond acceptors (Lipinski definition) is 8. The largest absolute Gasteiger partial charge is 0.488 e. The van der Waals surface area contributed by atoms with Crippen LogP contribution in [0.3, 0.4) is 0 Å². The van der Waals surface area contributed by atoms with Gasteiger partial charge in [0, 0.05) is 55.8 Å². The number of ether oxygens (including phenoxy) is 4. The summed E-state index contributed by atoms with van der Waals surface area (Å²) in [5.74, 6) is 0.401. The SMILES string of the molecule is COC(=O)c1c(OCc2cccnc2)cc(=O)n2c1CCN(C(=O)C1COc3ccccc3O1)CC2. The highest BCUT2D eigenvalue weighted by Gasteiger charge is 2.33. The van der Waals surface area contributed by atoms with Crippen LogP contribution in [0.25, 0.3) is 0 Å². The zero-order valence-electron chi connectivity index (χ0n) is 19.7. The van der Waals surface area contributed by atoms with Crippen molar-refractivity contribution >= 4 is 11.9 Å². The lowest BCUT2D eigenvalue weighted by molar-refractivity contribution is -0.141. The van der Waals surface area contributed by atoms with Gasteiger partial charge in [0.15, 0.2) is 11.5 Å². The maximum atomic E-state index is 13.3. The third-order valence-corrected chi connectivity index (χ3v) is 6.20. The van der Waals surface area contributed by atoms with Crippen molar-refractivity contribution in [3.05, 3.63) is 82.0 Å². The number of amides is 1. The number of rotatable bonds is 5. The molecule has 0 saturated carbocycles. The quantitative estimate of drug-likeness (QED) is 0.498. The van der Waals surface area contributed by atoms with Crippen molar-refractivity contribution in [2.75, 3.05) is 26.8 Å². The fraction of sp³-hybridized carbons (Fsp3) is 0.308. The highest BCUT2D eigenvalue weighted by Crippen LogP contribution is 2.31. The summed E-state index contributed by atoms with van der Waals surface area (Å²) in [4.78, 5) is 44.7. The molecule has 0 saturated heterocycles. The van der Waals surface area contributed by atoms with E-state index in [0.717, 1.165) is 5.56 Å². The van der Waals surface area contributed by atoms with Crippen LogP contribution in [0.15, 0.2) is 59.7 Å². The van der Waals surface area contributed by atoms with E-state index in [0.29, 0.717) is 17.2 Å². The molecule has 2 aliphatic rings. The normalized spacial score (nSPS) is 16.5. The minimum absolute atomic E-state index is 0.0962. The molecule has 0 spiro atoms. The number of esters is 1. The second-order valence-electron chi connectivity index (χ2n) is 8.40. The fourth-order valence-corrected chi connectivity index (χ4v) is 4.40. The molecule has 10 nitrogen and oxygen atoms in total. The third-order valence-electron chi connectivity index (χ3n) is 6.20. The van der Waals surface area contributed by atoms with E-state index in [2.05, 4.69) is 4.98 Å². The minimum Gasteiger partial charge on any atom is -0.488 e. The van der Waals surface area contributed by atoms with E-state index in [1.165, 1.54) is 17.7 Å². The average molecular weight is 492 g/mol. The number of aromatic nitrogens is 2. The highest BCUT2D eigenvalue weighted by atomic mass is 16.6. The summed E-state index contributed by atoms with van der Waals surface area (Å²) in [6.45, 7) is 1.02. The molecule has 186 valence electrons. The summed E-state index contributed by atoms with van der Waals surface area (Å²) in [5.41, 5.74) is 1.12.